The molecule has 2 heterocycles. The quantitative estimate of drug-likeness (QED) is 0.336. The van der Waals surface area contributed by atoms with Crippen molar-refractivity contribution in [2.24, 2.45) is 10.9 Å². The highest BCUT2D eigenvalue weighted by molar-refractivity contribution is 14.0. The minimum Gasteiger partial charge on any atom is -0.453 e. The number of amides is 1. The van der Waals surface area contributed by atoms with Gasteiger partial charge in [0.2, 0.25) is 0 Å². The van der Waals surface area contributed by atoms with Crippen LogP contribution in [0.5, 0.6) is 0 Å². The van der Waals surface area contributed by atoms with Crippen LogP contribution < -0.4 is 15.5 Å². The highest BCUT2D eigenvalue weighted by Gasteiger charge is 2.23. The molecule has 0 atom stereocenters. The number of hydrogen-bond acceptors (Lipinski definition) is 4. The molecule has 0 radical (unpaired) electrons. The fourth-order valence-electron chi connectivity index (χ4n) is 4.10. The zero-order chi connectivity index (χ0) is 21.3. The Morgan fingerprint density at radius 2 is 1.74 bits per heavy atom. The second-order valence-electron chi connectivity index (χ2n) is 8.41. The number of carbonyl (C=O) groups is 1. The molecule has 3 rings (SSSR count). The molecule has 0 spiro atoms. The first kappa shape index (κ1) is 25.5. The molecular formula is C23H38IN5O2. The first-order valence-corrected chi connectivity index (χ1v) is 11.3. The molecule has 2 saturated heterocycles. The van der Waals surface area contributed by atoms with E-state index in [1.54, 1.807) is 4.90 Å². The minimum atomic E-state index is -0.239. The van der Waals surface area contributed by atoms with Gasteiger partial charge in [0, 0.05) is 44.5 Å². The summed E-state index contributed by atoms with van der Waals surface area (Å²) in [6, 6.07) is 9.14. The van der Waals surface area contributed by atoms with Crippen molar-refractivity contribution >= 4 is 41.7 Å². The van der Waals surface area contributed by atoms with Crippen molar-refractivity contribution in [3.05, 3.63) is 29.8 Å². The van der Waals surface area contributed by atoms with E-state index in [1.165, 1.54) is 31.2 Å². The summed E-state index contributed by atoms with van der Waals surface area (Å²) in [5.74, 6) is 1.68. The van der Waals surface area contributed by atoms with E-state index in [9.17, 15) is 4.79 Å². The molecule has 7 nitrogen and oxygen atoms in total. The Balaban J connectivity index is 0.00000341. The summed E-state index contributed by atoms with van der Waals surface area (Å²) in [5, 5.41) is 6.86. The van der Waals surface area contributed by atoms with E-state index in [-0.39, 0.29) is 30.1 Å². The van der Waals surface area contributed by atoms with Crippen molar-refractivity contribution in [1.82, 2.24) is 15.5 Å². The van der Waals surface area contributed by atoms with Crippen LogP contribution >= 0.6 is 24.0 Å². The standard InChI is InChI=1S/C23H37N5O2.HI/c1-4-24-22(26-20-11-15-28(16-12-20)23(29)30-3)25-17-19-5-7-21(8-6-19)27-13-9-18(2)10-14-27;/h5-8,18,20H,4,9-17H2,1-3H3,(H2,24,25,26);1H. The fraction of sp³-hybridized carbons (Fsp3) is 0.652. The summed E-state index contributed by atoms with van der Waals surface area (Å²) in [6.45, 7) is 9.61. The van der Waals surface area contributed by atoms with Gasteiger partial charge >= 0.3 is 6.09 Å². The Morgan fingerprint density at radius 3 is 2.32 bits per heavy atom. The van der Waals surface area contributed by atoms with Gasteiger partial charge in [0.05, 0.1) is 13.7 Å². The van der Waals surface area contributed by atoms with E-state index in [2.05, 4.69) is 53.6 Å². The Morgan fingerprint density at radius 1 is 1.10 bits per heavy atom. The molecule has 0 aliphatic carbocycles. The molecule has 0 saturated carbocycles. The highest BCUT2D eigenvalue weighted by atomic mass is 127. The molecule has 2 N–H and O–H groups in total. The minimum absolute atomic E-state index is 0. The third-order valence-corrected chi connectivity index (χ3v) is 6.12. The van der Waals surface area contributed by atoms with Gasteiger partial charge in [0.25, 0.3) is 0 Å². The smallest absolute Gasteiger partial charge is 0.409 e. The Hall–Kier alpha value is -1.71. The summed E-state index contributed by atoms with van der Waals surface area (Å²) >= 11 is 0. The molecule has 8 heteroatoms. The van der Waals surface area contributed by atoms with Crippen LogP contribution in [-0.4, -0.2) is 62.8 Å². The molecule has 1 amide bonds. The third kappa shape index (κ3) is 7.73. The number of hydrogen-bond donors (Lipinski definition) is 2. The molecule has 0 bridgehead atoms. The number of ether oxygens (including phenoxy) is 1. The summed E-state index contributed by atoms with van der Waals surface area (Å²) in [7, 11) is 1.43. The molecule has 1 aromatic rings. The number of anilines is 1. The zero-order valence-corrected chi connectivity index (χ0v) is 21.4. The van der Waals surface area contributed by atoms with Crippen LogP contribution in [0.2, 0.25) is 0 Å². The van der Waals surface area contributed by atoms with E-state index in [1.807, 2.05) is 0 Å². The topological polar surface area (TPSA) is 69.2 Å². The lowest BCUT2D eigenvalue weighted by atomic mass is 9.99. The molecule has 31 heavy (non-hydrogen) atoms. The predicted molar refractivity (Wildman–Crippen MR) is 137 cm³/mol. The average molecular weight is 543 g/mol. The van der Waals surface area contributed by atoms with Gasteiger partial charge in [0.15, 0.2) is 5.96 Å². The number of carbonyl (C=O) groups excluding carboxylic acids is 1. The van der Waals surface area contributed by atoms with Gasteiger partial charge in [-0.1, -0.05) is 19.1 Å². The highest BCUT2D eigenvalue weighted by Crippen LogP contribution is 2.23. The third-order valence-electron chi connectivity index (χ3n) is 6.12. The number of rotatable bonds is 5. The molecule has 2 fully saturated rings. The largest absolute Gasteiger partial charge is 0.453 e. The van der Waals surface area contributed by atoms with Gasteiger partial charge in [-0.05, 0) is 56.2 Å². The van der Waals surface area contributed by atoms with Crippen LogP contribution in [0.4, 0.5) is 10.5 Å². The van der Waals surface area contributed by atoms with Crippen LogP contribution in [0.25, 0.3) is 0 Å². The number of piperidine rings is 2. The SMILES string of the molecule is CCNC(=NCc1ccc(N2CCC(C)CC2)cc1)NC1CCN(C(=O)OC)CC1.I. The van der Waals surface area contributed by atoms with Gasteiger partial charge in [0.1, 0.15) is 0 Å². The van der Waals surface area contributed by atoms with Gasteiger partial charge in [-0.3, -0.25) is 0 Å². The molecule has 2 aliphatic rings. The maximum atomic E-state index is 11.6. The van der Waals surface area contributed by atoms with Crippen molar-refractivity contribution in [1.29, 1.82) is 0 Å². The van der Waals surface area contributed by atoms with E-state index >= 15 is 0 Å². The second-order valence-corrected chi connectivity index (χ2v) is 8.41. The van der Waals surface area contributed by atoms with Gasteiger partial charge in [-0.2, -0.15) is 0 Å². The molecular weight excluding hydrogens is 505 g/mol. The fourth-order valence-corrected chi connectivity index (χ4v) is 4.10. The van der Waals surface area contributed by atoms with Crippen LogP contribution in [-0.2, 0) is 11.3 Å². The van der Waals surface area contributed by atoms with E-state index < -0.39 is 0 Å². The van der Waals surface area contributed by atoms with Crippen molar-refractivity contribution in [3.63, 3.8) is 0 Å². The molecule has 1 aromatic carbocycles. The second kappa shape index (κ2) is 13.0. The lowest BCUT2D eigenvalue weighted by Gasteiger charge is -2.32. The number of likely N-dealkylation sites (tertiary alicyclic amines) is 1. The summed E-state index contributed by atoms with van der Waals surface area (Å²) in [6.07, 6.45) is 4.10. The number of benzene rings is 1. The van der Waals surface area contributed by atoms with Crippen LogP contribution in [0.1, 0.15) is 45.1 Å². The number of nitrogens with zero attached hydrogens (tertiary/aromatic N) is 3. The number of aliphatic imine (C=N–C) groups is 1. The zero-order valence-electron chi connectivity index (χ0n) is 19.1. The molecule has 2 aliphatic heterocycles. The molecule has 0 aromatic heterocycles. The van der Waals surface area contributed by atoms with Crippen molar-refractivity contribution in [2.45, 2.75) is 52.1 Å². The van der Waals surface area contributed by atoms with Crippen molar-refractivity contribution < 1.29 is 9.53 Å². The Kier molecular flexibility index (Phi) is 10.7. The van der Waals surface area contributed by atoms with Gasteiger partial charge < -0.3 is 25.2 Å². The maximum absolute atomic E-state index is 11.6. The van der Waals surface area contributed by atoms with Gasteiger partial charge in [-0.15, -0.1) is 24.0 Å². The molecule has 0 unspecified atom stereocenters. The van der Waals surface area contributed by atoms with Crippen LogP contribution in [0, 0.1) is 5.92 Å². The maximum Gasteiger partial charge on any atom is 0.409 e. The summed E-state index contributed by atoms with van der Waals surface area (Å²) in [5.41, 5.74) is 2.53. The lowest BCUT2D eigenvalue weighted by Crippen LogP contribution is -2.49. The normalized spacial score (nSPS) is 18.4. The monoisotopic (exact) mass is 543 g/mol. The number of methoxy groups -OCH3 is 1. The first-order valence-electron chi connectivity index (χ1n) is 11.3. The van der Waals surface area contributed by atoms with E-state index in [0.29, 0.717) is 25.7 Å². The van der Waals surface area contributed by atoms with E-state index in [4.69, 9.17) is 9.73 Å². The van der Waals surface area contributed by atoms with E-state index in [0.717, 1.165) is 44.4 Å². The molecule has 174 valence electrons. The summed E-state index contributed by atoms with van der Waals surface area (Å²) < 4.78 is 4.81. The Labute approximate surface area is 204 Å². The number of guanidine groups is 1. The first-order chi connectivity index (χ1) is 14.6. The number of nitrogens with one attached hydrogen (secondary N) is 2. The Bertz CT molecular complexity index is 696. The van der Waals surface area contributed by atoms with Crippen LogP contribution in [0.15, 0.2) is 29.3 Å². The predicted octanol–water partition coefficient (Wildman–Crippen LogP) is 3.83. The van der Waals surface area contributed by atoms with Gasteiger partial charge in [-0.25, -0.2) is 9.79 Å². The van der Waals surface area contributed by atoms with Crippen LogP contribution in [0.3, 0.4) is 0 Å². The summed E-state index contributed by atoms with van der Waals surface area (Å²) in [4.78, 5) is 20.7. The lowest BCUT2D eigenvalue weighted by molar-refractivity contribution is 0.111. The average Bonchev–Trinajstić information content (AvgIpc) is 2.78. The van der Waals surface area contributed by atoms with Crippen molar-refractivity contribution in [3.8, 4) is 0 Å². The van der Waals surface area contributed by atoms with Crippen molar-refractivity contribution in [2.75, 3.05) is 44.7 Å². The number of halogens is 1.